The maximum Gasteiger partial charge on any atom is 0.328 e. The Bertz CT molecular complexity index is 394. The molecule has 74 valence electrons. The number of carboxylic acids is 1. The van der Waals surface area contributed by atoms with E-state index in [9.17, 15) is 4.79 Å². The zero-order valence-corrected chi connectivity index (χ0v) is 8.80. The van der Waals surface area contributed by atoms with Crippen LogP contribution in [0.15, 0.2) is 24.3 Å². The minimum atomic E-state index is -0.933. The lowest BCUT2D eigenvalue weighted by Crippen LogP contribution is -1.92. The van der Waals surface area contributed by atoms with E-state index in [1.165, 1.54) is 6.08 Å². The van der Waals surface area contributed by atoms with Crippen molar-refractivity contribution in [3.8, 4) is 0 Å². The van der Waals surface area contributed by atoms with E-state index in [4.69, 9.17) is 16.7 Å². The molecule has 0 fully saturated rings. The van der Waals surface area contributed by atoms with Gasteiger partial charge in [-0.3, -0.25) is 0 Å². The van der Waals surface area contributed by atoms with E-state index in [-0.39, 0.29) is 0 Å². The van der Waals surface area contributed by atoms with Gasteiger partial charge in [0.1, 0.15) is 0 Å². The van der Waals surface area contributed by atoms with Gasteiger partial charge in [0.05, 0.1) is 0 Å². The van der Waals surface area contributed by atoms with Crippen LogP contribution in [0.2, 0.25) is 5.02 Å². The quantitative estimate of drug-likeness (QED) is 0.762. The number of hydrogen-bond donors (Lipinski definition) is 1. The number of aryl methyl sites for hydroxylation is 1. The molecular weight excluding hydrogens is 200 g/mol. The third-order valence-corrected chi connectivity index (χ3v) is 2.19. The second-order valence-electron chi connectivity index (χ2n) is 3.12. The van der Waals surface area contributed by atoms with Gasteiger partial charge >= 0.3 is 5.97 Å². The van der Waals surface area contributed by atoms with E-state index in [0.717, 1.165) is 16.7 Å². The minimum absolute atomic E-state index is 0.661. The summed E-state index contributed by atoms with van der Waals surface area (Å²) in [6.07, 6.45) is 1.19. The number of halogens is 1. The van der Waals surface area contributed by atoms with Gasteiger partial charge in [0.2, 0.25) is 0 Å². The van der Waals surface area contributed by atoms with Gasteiger partial charge in [0, 0.05) is 11.1 Å². The van der Waals surface area contributed by atoms with Crippen LogP contribution < -0.4 is 0 Å². The summed E-state index contributed by atoms with van der Waals surface area (Å²) in [5, 5.41) is 9.25. The molecule has 0 aliphatic heterocycles. The van der Waals surface area contributed by atoms with Crippen molar-refractivity contribution in [2.45, 2.75) is 13.8 Å². The molecule has 0 atom stereocenters. The summed E-state index contributed by atoms with van der Waals surface area (Å²) in [4.78, 5) is 10.5. The van der Waals surface area contributed by atoms with Crippen molar-refractivity contribution in [1.82, 2.24) is 0 Å². The van der Waals surface area contributed by atoms with E-state index in [1.54, 1.807) is 13.0 Å². The minimum Gasteiger partial charge on any atom is -0.478 e. The van der Waals surface area contributed by atoms with Gasteiger partial charge in [-0.2, -0.15) is 0 Å². The van der Waals surface area contributed by atoms with Crippen molar-refractivity contribution >= 4 is 23.1 Å². The predicted octanol–water partition coefficient (Wildman–Crippen LogP) is 3.14. The molecular formula is C11H11ClO2. The Morgan fingerprint density at radius 2 is 2.14 bits per heavy atom. The lowest BCUT2D eigenvalue weighted by Gasteiger charge is -2.05. The Hall–Kier alpha value is -1.28. The first-order valence-electron chi connectivity index (χ1n) is 4.18. The third kappa shape index (κ3) is 2.60. The Kier molecular flexibility index (Phi) is 3.31. The molecule has 1 aromatic carbocycles. The second kappa shape index (κ2) is 4.29. The van der Waals surface area contributed by atoms with Gasteiger partial charge < -0.3 is 5.11 Å². The predicted molar refractivity (Wildman–Crippen MR) is 57.5 cm³/mol. The molecule has 0 unspecified atom stereocenters. The molecule has 0 bridgehead atoms. The van der Waals surface area contributed by atoms with Crippen LogP contribution in [0, 0.1) is 6.92 Å². The fourth-order valence-corrected chi connectivity index (χ4v) is 1.56. The Morgan fingerprint density at radius 3 is 2.64 bits per heavy atom. The van der Waals surface area contributed by atoms with Crippen LogP contribution in [-0.2, 0) is 4.79 Å². The molecule has 1 N–H and O–H groups in total. The highest BCUT2D eigenvalue weighted by Gasteiger charge is 2.02. The van der Waals surface area contributed by atoms with E-state index >= 15 is 0 Å². The average Bonchev–Trinajstić information content (AvgIpc) is 2.01. The molecule has 0 radical (unpaired) electrons. The van der Waals surface area contributed by atoms with Gasteiger partial charge in [0.15, 0.2) is 0 Å². The highest BCUT2D eigenvalue weighted by atomic mass is 35.5. The SMILES string of the molecule is C/C(=C/C(=O)O)c1ccc(Cl)cc1C. The fourth-order valence-electron chi connectivity index (χ4n) is 1.33. The highest BCUT2D eigenvalue weighted by molar-refractivity contribution is 6.30. The van der Waals surface area contributed by atoms with Gasteiger partial charge in [-0.1, -0.05) is 17.7 Å². The molecule has 1 aromatic rings. The van der Waals surface area contributed by atoms with Crippen molar-refractivity contribution in [3.63, 3.8) is 0 Å². The van der Waals surface area contributed by atoms with Crippen molar-refractivity contribution in [1.29, 1.82) is 0 Å². The lowest BCUT2D eigenvalue weighted by molar-refractivity contribution is -0.131. The first kappa shape index (κ1) is 10.8. The molecule has 0 spiro atoms. The highest BCUT2D eigenvalue weighted by Crippen LogP contribution is 2.21. The topological polar surface area (TPSA) is 37.3 Å². The largest absolute Gasteiger partial charge is 0.478 e. The van der Waals surface area contributed by atoms with Crippen molar-refractivity contribution in [3.05, 3.63) is 40.4 Å². The zero-order valence-electron chi connectivity index (χ0n) is 8.04. The van der Waals surface area contributed by atoms with E-state index in [1.807, 2.05) is 19.1 Å². The van der Waals surface area contributed by atoms with Crippen LogP contribution in [0.4, 0.5) is 0 Å². The number of rotatable bonds is 2. The van der Waals surface area contributed by atoms with Crippen LogP contribution in [0.1, 0.15) is 18.1 Å². The smallest absolute Gasteiger partial charge is 0.328 e. The molecule has 1 rings (SSSR count). The van der Waals surface area contributed by atoms with Crippen LogP contribution in [0.3, 0.4) is 0 Å². The summed E-state index contributed by atoms with van der Waals surface area (Å²) in [5.74, 6) is -0.933. The fraction of sp³-hybridized carbons (Fsp3) is 0.182. The van der Waals surface area contributed by atoms with Gasteiger partial charge in [0.25, 0.3) is 0 Å². The summed E-state index contributed by atoms with van der Waals surface area (Å²) in [6, 6.07) is 5.39. The van der Waals surface area contributed by atoms with Crippen LogP contribution >= 0.6 is 11.6 Å². The van der Waals surface area contributed by atoms with Gasteiger partial charge in [-0.25, -0.2) is 4.79 Å². The second-order valence-corrected chi connectivity index (χ2v) is 3.56. The monoisotopic (exact) mass is 210 g/mol. The molecule has 2 nitrogen and oxygen atoms in total. The maximum absolute atomic E-state index is 10.5. The van der Waals surface area contributed by atoms with Crippen molar-refractivity contribution < 1.29 is 9.90 Å². The first-order valence-corrected chi connectivity index (χ1v) is 4.56. The van der Waals surface area contributed by atoms with Crippen molar-refractivity contribution in [2.75, 3.05) is 0 Å². The third-order valence-electron chi connectivity index (χ3n) is 1.95. The Morgan fingerprint density at radius 1 is 1.50 bits per heavy atom. The Labute approximate surface area is 87.8 Å². The zero-order chi connectivity index (χ0) is 10.7. The number of benzene rings is 1. The molecule has 14 heavy (non-hydrogen) atoms. The normalized spacial score (nSPS) is 11.5. The van der Waals surface area contributed by atoms with Gasteiger partial charge in [-0.15, -0.1) is 0 Å². The van der Waals surface area contributed by atoms with E-state index in [2.05, 4.69) is 0 Å². The molecule has 0 amide bonds. The van der Waals surface area contributed by atoms with E-state index in [0.29, 0.717) is 5.02 Å². The molecule has 3 heteroatoms. The number of carbonyl (C=O) groups is 1. The van der Waals surface area contributed by atoms with Crippen LogP contribution in [-0.4, -0.2) is 11.1 Å². The summed E-state index contributed by atoms with van der Waals surface area (Å²) < 4.78 is 0. The van der Waals surface area contributed by atoms with Crippen LogP contribution in [0.5, 0.6) is 0 Å². The van der Waals surface area contributed by atoms with Crippen molar-refractivity contribution in [2.24, 2.45) is 0 Å². The number of hydrogen-bond acceptors (Lipinski definition) is 1. The molecule has 0 aliphatic rings. The number of allylic oxidation sites excluding steroid dienone is 1. The summed E-state index contributed by atoms with van der Waals surface area (Å²) in [6.45, 7) is 3.67. The molecule has 0 aromatic heterocycles. The summed E-state index contributed by atoms with van der Waals surface area (Å²) in [5.41, 5.74) is 2.62. The summed E-state index contributed by atoms with van der Waals surface area (Å²) in [7, 11) is 0. The van der Waals surface area contributed by atoms with Crippen LogP contribution in [0.25, 0.3) is 5.57 Å². The maximum atomic E-state index is 10.5. The standard InChI is InChI=1S/C11H11ClO2/c1-7-5-9(12)3-4-10(7)8(2)6-11(13)14/h3-6H,1-2H3,(H,13,14)/b8-6-. The Balaban J connectivity index is 3.14. The molecule has 0 saturated heterocycles. The number of aliphatic carboxylic acids is 1. The molecule has 0 heterocycles. The number of carboxylic acid groups (broad SMARTS) is 1. The van der Waals surface area contributed by atoms with E-state index < -0.39 is 5.97 Å². The lowest BCUT2D eigenvalue weighted by atomic mass is 10.0. The summed E-state index contributed by atoms with van der Waals surface area (Å²) >= 11 is 5.79. The molecule has 0 aliphatic carbocycles. The van der Waals surface area contributed by atoms with Gasteiger partial charge in [-0.05, 0) is 42.7 Å². The first-order chi connectivity index (χ1) is 6.50. The average molecular weight is 211 g/mol. The molecule has 0 saturated carbocycles.